The summed E-state index contributed by atoms with van der Waals surface area (Å²) >= 11 is 0. The summed E-state index contributed by atoms with van der Waals surface area (Å²) in [6, 6.07) is 0. The van der Waals surface area contributed by atoms with Crippen molar-refractivity contribution in [1.82, 2.24) is 0 Å². The normalized spacial score (nSPS) is 14.4. The molecule has 4 nitrogen and oxygen atoms in total. The zero-order chi connectivity index (χ0) is 19.2. The molecule has 0 aliphatic rings. The van der Waals surface area contributed by atoms with Crippen LogP contribution in [0, 0.1) is 17.8 Å². The van der Waals surface area contributed by atoms with Gasteiger partial charge in [-0.15, -0.1) is 0 Å². The molecule has 0 rings (SSSR count). The fraction of sp³-hybridized carbons (Fsp3) is 0.810. The fourth-order valence-electron chi connectivity index (χ4n) is 3.10. The van der Waals surface area contributed by atoms with Gasteiger partial charge in [-0.3, -0.25) is 0 Å². The second-order valence-corrected chi connectivity index (χ2v) is 8.04. The number of carboxylic acid groups (broad SMARTS) is 1. The molecule has 0 heterocycles. The molecule has 25 heavy (non-hydrogen) atoms. The van der Waals surface area contributed by atoms with Gasteiger partial charge in [-0.25, -0.2) is 9.59 Å². The second kappa shape index (κ2) is 13.9. The van der Waals surface area contributed by atoms with Crippen LogP contribution in [0.2, 0.25) is 0 Å². The quantitative estimate of drug-likeness (QED) is 0.230. The first-order chi connectivity index (χ1) is 11.7. The van der Waals surface area contributed by atoms with Gasteiger partial charge >= 0.3 is 12.1 Å². The molecule has 0 amide bonds. The van der Waals surface area contributed by atoms with Gasteiger partial charge in [0.1, 0.15) is 0 Å². The second-order valence-electron chi connectivity index (χ2n) is 8.04. The maximum Gasteiger partial charge on any atom is 0.513 e. The molecule has 0 bridgehead atoms. The fourth-order valence-corrected chi connectivity index (χ4v) is 3.10. The Kier molecular flexibility index (Phi) is 13.2. The van der Waals surface area contributed by atoms with Gasteiger partial charge in [-0.2, -0.15) is 0 Å². The van der Waals surface area contributed by atoms with Crippen molar-refractivity contribution in [2.75, 3.05) is 0 Å². The molecule has 0 saturated heterocycles. The molecule has 0 fully saturated rings. The standard InChI is InChI=1S/C21H38O4/c1-16(2)9-6-10-17(3)11-7-12-18(4)13-8-14-19(5)15-20(22)25-21(23)24/h15-18H,6-14H2,1-5H3,(H,23,24)/b19-15+/t17-,18-/m1/s1. The topological polar surface area (TPSA) is 63.6 Å². The lowest BCUT2D eigenvalue weighted by molar-refractivity contribution is -0.133. The van der Waals surface area contributed by atoms with Crippen LogP contribution in [0.5, 0.6) is 0 Å². The molecule has 0 saturated carbocycles. The minimum atomic E-state index is -1.55. The number of hydrogen-bond acceptors (Lipinski definition) is 3. The van der Waals surface area contributed by atoms with Crippen molar-refractivity contribution in [3.05, 3.63) is 11.6 Å². The van der Waals surface area contributed by atoms with Crippen LogP contribution in [0.15, 0.2) is 11.6 Å². The Morgan fingerprint density at radius 1 is 0.880 bits per heavy atom. The van der Waals surface area contributed by atoms with E-state index in [1.165, 1.54) is 44.6 Å². The number of carbonyl (C=O) groups is 2. The highest BCUT2D eigenvalue weighted by atomic mass is 16.7. The van der Waals surface area contributed by atoms with E-state index in [0.29, 0.717) is 5.92 Å². The molecule has 2 atom stereocenters. The molecule has 0 aromatic rings. The molecule has 146 valence electrons. The summed E-state index contributed by atoms with van der Waals surface area (Å²) < 4.78 is 4.07. The van der Waals surface area contributed by atoms with Crippen LogP contribution in [-0.4, -0.2) is 17.2 Å². The molecule has 0 radical (unpaired) electrons. The van der Waals surface area contributed by atoms with Crippen LogP contribution in [0.3, 0.4) is 0 Å². The molecule has 0 aromatic carbocycles. The smallest absolute Gasteiger partial charge is 0.449 e. The van der Waals surface area contributed by atoms with E-state index in [9.17, 15) is 9.59 Å². The SMILES string of the molecule is C/C(=C\C(=O)OC(=O)O)CCC[C@H](C)CCC[C@H](C)CCCC(C)C. The Labute approximate surface area is 154 Å². The van der Waals surface area contributed by atoms with E-state index in [-0.39, 0.29) is 0 Å². The largest absolute Gasteiger partial charge is 0.513 e. The average Bonchev–Trinajstić information content (AvgIpc) is 2.45. The lowest BCUT2D eigenvalue weighted by Gasteiger charge is -2.15. The monoisotopic (exact) mass is 354 g/mol. The molecular formula is C21H38O4. The van der Waals surface area contributed by atoms with Gasteiger partial charge in [0.15, 0.2) is 0 Å². The third-order valence-corrected chi connectivity index (χ3v) is 4.69. The predicted molar refractivity (Wildman–Crippen MR) is 103 cm³/mol. The van der Waals surface area contributed by atoms with Gasteiger partial charge < -0.3 is 9.84 Å². The summed E-state index contributed by atoms with van der Waals surface area (Å²) in [4.78, 5) is 21.5. The maximum absolute atomic E-state index is 11.2. The first-order valence-corrected chi connectivity index (χ1v) is 9.82. The van der Waals surface area contributed by atoms with Gasteiger partial charge in [-0.1, -0.05) is 78.2 Å². The van der Waals surface area contributed by atoms with E-state index in [1.807, 2.05) is 6.92 Å². The maximum atomic E-state index is 11.2. The van der Waals surface area contributed by atoms with Gasteiger partial charge in [0.05, 0.1) is 0 Å². The van der Waals surface area contributed by atoms with Crippen molar-refractivity contribution < 1.29 is 19.4 Å². The number of carbonyl (C=O) groups excluding carboxylic acids is 1. The number of esters is 1. The predicted octanol–water partition coefficient (Wildman–Crippen LogP) is 6.59. The lowest BCUT2D eigenvalue weighted by Crippen LogP contribution is -2.07. The lowest BCUT2D eigenvalue weighted by atomic mass is 9.91. The highest BCUT2D eigenvalue weighted by Gasteiger charge is 2.08. The minimum absolute atomic E-state index is 0.696. The van der Waals surface area contributed by atoms with E-state index in [4.69, 9.17) is 5.11 Å². The summed E-state index contributed by atoms with van der Waals surface area (Å²) in [5, 5.41) is 8.37. The van der Waals surface area contributed by atoms with Gasteiger partial charge in [0.25, 0.3) is 0 Å². The van der Waals surface area contributed by atoms with Crippen LogP contribution in [0.25, 0.3) is 0 Å². The van der Waals surface area contributed by atoms with Gasteiger partial charge in [0.2, 0.25) is 0 Å². The van der Waals surface area contributed by atoms with Crippen molar-refractivity contribution in [3.8, 4) is 0 Å². The van der Waals surface area contributed by atoms with E-state index < -0.39 is 12.1 Å². The van der Waals surface area contributed by atoms with Crippen molar-refractivity contribution in [2.24, 2.45) is 17.8 Å². The number of ether oxygens (including phenoxy) is 1. The Morgan fingerprint density at radius 3 is 1.84 bits per heavy atom. The van der Waals surface area contributed by atoms with Crippen molar-refractivity contribution in [3.63, 3.8) is 0 Å². The summed E-state index contributed by atoms with van der Waals surface area (Å²) in [6.07, 6.45) is 10.6. The van der Waals surface area contributed by atoms with Crippen molar-refractivity contribution in [2.45, 2.75) is 92.4 Å². The summed E-state index contributed by atoms with van der Waals surface area (Å²) in [5.41, 5.74) is 0.872. The molecule has 0 aliphatic carbocycles. The Hall–Kier alpha value is -1.32. The molecule has 4 heteroatoms. The summed E-state index contributed by atoms with van der Waals surface area (Å²) in [6.45, 7) is 11.1. The van der Waals surface area contributed by atoms with E-state index in [1.54, 1.807) is 0 Å². The highest BCUT2D eigenvalue weighted by molar-refractivity contribution is 5.89. The molecule has 0 aromatic heterocycles. The van der Waals surface area contributed by atoms with Crippen LogP contribution in [0.1, 0.15) is 92.4 Å². The van der Waals surface area contributed by atoms with Crippen LogP contribution >= 0.6 is 0 Å². The zero-order valence-corrected chi connectivity index (χ0v) is 16.8. The Bertz CT molecular complexity index is 412. The van der Waals surface area contributed by atoms with Crippen molar-refractivity contribution >= 4 is 12.1 Å². The van der Waals surface area contributed by atoms with Gasteiger partial charge in [0, 0.05) is 6.08 Å². The number of rotatable bonds is 13. The van der Waals surface area contributed by atoms with E-state index >= 15 is 0 Å². The highest BCUT2D eigenvalue weighted by Crippen LogP contribution is 2.22. The average molecular weight is 355 g/mol. The molecular weight excluding hydrogens is 316 g/mol. The Balaban J connectivity index is 3.76. The van der Waals surface area contributed by atoms with Gasteiger partial charge in [-0.05, 0) is 37.5 Å². The summed E-state index contributed by atoms with van der Waals surface area (Å²) in [7, 11) is 0. The first kappa shape index (κ1) is 23.7. The molecule has 0 aliphatic heterocycles. The van der Waals surface area contributed by atoms with E-state index in [0.717, 1.165) is 36.7 Å². The van der Waals surface area contributed by atoms with Crippen molar-refractivity contribution in [1.29, 1.82) is 0 Å². The summed E-state index contributed by atoms with van der Waals surface area (Å²) in [5.74, 6) is 1.54. The van der Waals surface area contributed by atoms with E-state index in [2.05, 4.69) is 32.4 Å². The molecule has 0 unspecified atom stereocenters. The van der Waals surface area contributed by atoms with Crippen LogP contribution in [-0.2, 0) is 9.53 Å². The van der Waals surface area contributed by atoms with Crippen LogP contribution < -0.4 is 0 Å². The third kappa shape index (κ3) is 15.9. The minimum Gasteiger partial charge on any atom is -0.449 e. The molecule has 1 N–H and O–H groups in total. The number of allylic oxidation sites excluding steroid dienone is 1. The molecule has 0 spiro atoms. The zero-order valence-electron chi connectivity index (χ0n) is 16.8. The number of hydrogen-bond donors (Lipinski definition) is 1. The van der Waals surface area contributed by atoms with Crippen LogP contribution in [0.4, 0.5) is 4.79 Å². The third-order valence-electron chi connectivity index (χ3n) is 4.69. The first-order valence-electron chi connectivity index (χ1n) is 9.82. The Morgan fingerprint density at radius 2 is 1.36 bits per heavy atom.